The summed E-state index contributed by atoms with van der Waals surface area (Å²) in [6, 6.07) is 16.4. The molecule has 1 saturated carbocycles. The Kier molecular flexibility index (Phi) is 8.31. The predicted octanol–water partition coefficient (Wildman–Crippen LogP) is 5.93. The van der Waals surface area contributed by atoms with Crippen LogP contribution in [0.2, 0.25) is 0 Å². The van der Waals surface area contributed by atoms with Gasteiger partial charge in [0.2, 0.25) is 10.0 Å². The average Bonchev–Trinajstić information content (AvgIpc) is 3.75. The lowest BCUT2D eigenvalue weighted by molar-refractivity contribution is 0.0957. The number of allylic oxidation sites excluding steroid dienone is 1. The molecule has 3 aromatic carbocycles. The van der Waals surface area contributed by atoms with E-state index >= 15 is 0 Å². The normalized spacial score (nSPS) is 12.8. The smallest absolute Gasteiger partial charge is 0.270 e. The second-order valence-electron chi connectivity index (χ2n) is 10.1. The van der Waals surface area contributed by atoms with E-state index in [2.05, 4.69) is 23.7 Å². The summed E-state index contributed by atoms with van der Waals surface area (Å²) in [7, 11) is -2.04. The lowest BCUT2D eigenvalue weighted by atomic mass is 10.0. The Labute approximate surface area is 244 Å². The van der Waals surface area contributed by atoms with E-state index in [9.17, 15) is 17.6 Å². The van der Waals surface area contributed by atoms with Gasteiger partial charge in [0, 0.05) is 25.4 Å². The Morgan fingerprint density at radius 2 is 1.83 bits per heavy atom. The van der Waals surface area contributed by atoms with Crippen LogP contribution in [-0.2, 0) is 10.0 Å². The number of ether oxygens (including phenoxy) is 1. The third kappa shape index (κ3) is 6.31. The van der Waals surface area contributed by atoms with Crippen LogP contribution in [0.1, 0.15) is 47.7 Å². The van der Waals surface area contributed by atoms with Crippen molar-refractivity contribution in [1.29, 1.82) is 0 Å². The van der Waals surface area contributed by atoms with Gasteiger partial charge in [0.25, 0.3) is 5.91 Å². The Hall–Kier alpha value is -4.62. The molecule has 216 valence electrons. The van der Waals surface area contributed by atoms with Gasteiger partial charge in [-0.3, -0.25) is 9.10 Å². The minimum absolute atomic E-state index is 0.206. The molecule has 8 nitrogen and oxygen atoms in total. The molecule has 42 heavy (non-hydrogen) atoms. The number of sulfonamides is 1. The molecule has 1 heterocycles. The van der Waals surface area contributed by atoms with Gasteiger partial charge in [0.1, 0.15) is 23.0 Å². The molecule has 0 saturated heterocycles. The summed E-state index contributed by atoms with van der Waals surface area (Å²) in [5.74, 6) is 6.32. The number of nitrogens with one attached hydrogen (secondary N) is 1. The molecule has 0 atom stereocenters. The van der Waals surface area contributed by atoms with Gasteiger partial charge < -0.3 is 10.1 Å². The number of carbonyl (C=O) groups is 1. The highest BCUT2D eigenvalue weighted by molar-refractivity contribution is 7.92. The average molecular weight is 587 g/mol. The van der Waals surface area contributed by atoms with Crippen LogP contribution in [0.4, 0.5) is 10.1 Å². The first-order valence-corrected chi connectivity index (χ1v) is 15.4. The summed E-state index contributed by atoms with van der Waals surface area (Å²) >= 11 is 0. The van der Waals surface area contributed by atoms with Gasteiger partial charge in [0.05, 0.1) is 23.1 Å². The number of unbranched alkanes of at least 4 members (excludes halogenated alkanes) is 1. The summed E-state index contributed by atoms with van der Waals surface area (Å²) in [4.78, 5) is 13.2. The molecule has 4 aromatic rings. The van der Waals surface area contributed by atoms with E-state index in [1.807, 2.05) is 6.07 Å². The number of rotatable bonds is 10. The number of hydrogen-bond donors (Lipinski definition) is 1. The molecule has 10 heteroatoms. The second kappa shape index (κ2) is 12.1. The maximum Gasteiger partial charge on any atom is 0.270 e. The van der Waals surface area contributed by atoms with Crippen LogP contribution in [0.3, 0.4) is 0 Å². The fourth-order valence-electron chi connectivity index (χ4n) is 4.81. The largest absolute Gasteiger partial charge is 0.457 e. The first kappa shape index (κ1) is 28.9. The summed E-state index contributed by atoms with van der Waals surface area (Å²) in [6.45, 7) is 3.86. The van der Waals surface area contributed by atoms with Crippen LogP contribution < -0.4 is 14.4 Å². The van der Waals surface area contributed by atoms with Crippen molar-refractivity contribution in [2.75, 3.05) is 24.2 Å². The van der Waals surface area contributed by atoms with Crippen molar-refractivity contribution in [1.82, 2.24) is 15.1 Å². The number of nitrogens with zero attached hydrogens (tertiary/aromatic N) is 3. The van der Waals surface area contributed by atoms with Gasteiger partial charge in [-0.15, -0.1) is 0 Å². The lowest BCUT2D eigenvalue weighted by Crippen LogP contribution is -2.31. The van der Waals surface area contributed by atoms with Crippen molar-refractivity contribution in [2.24, 2.45) is 0 Å². The van der Waals surface area contributed by atoms with E-state index < -0.39 is 10.0 Å². The fraction of sp³-hybridized carbons (Fsp3) is 0.250. The van der Waals surface area contributed by atoms with Crippen molar-refractivity contribution in [3.05, 3.63) is 90.4 Å². The van der Waals surface area contributed by atoms with E-state index in [1.54, 1.807) is 42.1 Å². The van der Waals surface area contributed by atoms with Crippen molar-refractivity contribution >= 4 is 32.5 Å². The third-order valence-electron chi connectivity index (χ3n) is 6.95. The van der Waals surface area contributed by atoms with Gasteiger partial charge >= 0.3 is 0 Å². The topological polar surface area (TPSA) is 93.5 Å². The van der Waals surface area contributed by atoms with Crippen LogP contribution >= 0.6 is 0 Å². The molecular weight excluding hydrogens is 555 g/mol. The Bertz CT molecular complexity index is 1800. The maximum absolute atomic E-state index is 13.2. The molecule has 1 aliphatic rings. The van der Waals surface area contributed by atoms with Crippen LogP contribution in [0.25, 0.3) is 16.6 Å². The Balaban J connectivity index is 1.56. The maximum atomic E-state index is 13.2. The molecule has 0 radical (unpaired) electrons. The Morgan fingerprint density at radius 1 is 1.17 bits per heavy atom. The lowest BCUT2D eigenvalue weighted by Gasteiger charge is -2.25. The fourth-order valence-corrected chi connectivity index (χ4v) is 5.79. The van der Waals surface area contributed by atoms with Crippen molar-refractivity contribution < 1.29 is 22.3 Å². The molecule has 0 bridgehead atoms. The van der Waals surface area contributed by atoms with E-state index in [1.165, 1.54) is 40.9 Å². The molecule has 5 rings (SSSR count). The third-order valence-corrected chi connectivity index (χ3v) is 8.13. The number of hydrogen-bond acceptors (Lipinski definition) is 5. The van der Waals surface area contributed by atoms with Gasteiger partial charge in [0.15, 0.2) is 0 Å². The highest BCUT2D eigenvalue weighted by Crippen LogP contribution is 2.46. The van der Waals surface area contributed by atoms with E-state index in [-0.39, 0.29) is 24.2 Å². The molecule has 1 fully saturated rings. The van der Waals surface area contributed by atoms with Crippen LogP contribution in [0.15, 0.2) is 73.3 Å². The zero-order chi connectivity index (χ0) is 29.9. The molecule has 1 N–H and O–H groups in total. The number of halogens is 1. The van der Waals surface area contributed by atoms with Crippen molar-refractivity contribution in [3.63, 3.8) is 0 Å². The first-order chi connectivity index (χ1) is 20.2. The molecule has 0 unspecified atom stereocenters. The van der Waals surface area contributed by atoms with Gasteiger partial charge in [-0.2, -0.15) is 5.10 Å². The van der Waals surface area contributed by atoms with Crippen LogP contribution in [0, 0.1) is 17.7 Å². The van der Waals surface area contributed by atoms with Gasteiger partial charge in [-0.1, -0.05) is 18.4 Å². The standard InChI is InChI=1S/C32H31FN4O4S/c1-4-5-6-7-8-19-36(42(3,39)40)30-21-29-28(20-27(30)22-9-10-22)31(32(38)34-2)37(35-29)24-13-17-26(18-14-24)41-25-15-11-23(33)12-16-25/h4,11-18,20-22H,1,7-10,19H2,2-3H3,(H,34,38). The first-order valence-electron chi connectivity index (χ1n) is 13.6. The van der Waals surface area contributed by atoms with Crippen molar-refractivity contribution in [3.8, 4) is 29.0 Å². The SMILES string of the molecule is C=CC#CCCCN(c1cc2nn(-c3ccc(Oc4ccc(F)cc4)cc3)c(C(=O)NC)c2cc1C1CC1)S(C)(=O)=O. The number of aromatic nitrogens is 2. The number of carbonyl (C=O) groups excluding carboxylic acids is 1. The molecular formula is C32H31FN4O4S. The van der Waals surface area contributed by atoms with Gasteiger partial charge in [-0.05, 0) is 97.5 Å². The minimum Gasteiger partial charge on any atom is -0.457 e. The molecule has 0 spiro atoms. The van der Waals surface area contributed by atoms with Crippen LogP contribution in [0.5, 0.6) is 11.5 Å². The van der Waals surface area contributed by atoms with Gasteiger partial charge in [-0.25, -0.2) is 17.5 Å². The molecule has 0 aliphatic heterocycles. The van der Waals surface area contributed by atoms with E-state index in [0.717, 1.165) is 18.4 Å². The molecule has 1 amide bonds. The van der Waals surface area contributed by atoms with E-state index in [0.29, 0.717) is 52.3 Å². The van der Waals surface area contributed by atoms with Crippen LogP contribution in [-0.4, -0.2) is 44.0 Å². The predicted molar refractivity (Wildman–Crippen MR) is 162 cm³/mol. The molecule has 1 aliphatic carbocycles. The monoisotopic (exact) mass is 586 g/mol. The summed E-state index contributed by atoms with van der Waals surface area (Å²) in [5, 5.41) is 8.10. The second-order valence-corrected chi connectivity index (χ2v) is 12.0. The van der Waals surface area contributed by atoms with Crippen molar-refractivity contribution in [2.45, 2.75) is 31.6 Å². The number of fused-ring (bicyclic) bond motifs is 1. The highest BCUT2D eigenvalue weighted by atomic mass is 32.2. The number of amides is 1. The Morgan fingerprint density at radius 3 is 2.43 bits per heavy atom. The number of benzene rings is 3. The quantitative estimate of drug-likeness (QED) is 0.184. The minimum atomic E-state index is -3.60. The highest BCUT2D eigenvalue weighted by Gasteiger charge is 2.32. The van der Waals surface area contributed by atoms with E-state index in [4.69, 9.17) is 9.84 Å². The number of anilines is 1. The molecule has 1 aromatic heterocycles. The zero-order valence-corrected chi connectivity index (χ0v) is 24.2. The zero-order valence-electron chi connectivity index (χ0n) is 23.4. The summed E-state index contributed by atoms with van der Waals surface area (Å²) < 4.78 is 48.0. The summed E-state index contributed by atoms with van der Waals surface area (Å²) in [5.41, 5.74) is 2.93. The summed E-state index contributed by atoms with van der Waals surface area (Å²) in [6.07, 6.45) is 5.70.